The van der Waals surface area contributed by atoms with Crippen molar-refractivity contribution in [2.75, 3.05) is 6.16 Å². The Hall–Kier alpha value is -0.0431. The van der Waals surface area contributed by atoms with Crippen molar-refractivity contribution >= 4 is 57.8 Å². The molecule has 0 atom stereocenters. The predicted octanol–water partition coefficient (Wildman–Crippen LogP) is 7.12. The van der Waals surface area contributed by atoms with Crippen molar-refractivity contribution in [2.45, 2.75) is 44.6 Å². The number of hydrogen-bond acceptors (Lipinski definition) is 0. The van der Waals surface area contributed by atoms with E-state index in [1.54, 1.807) is 0 Å². The molecule has 2 aromatic carbocycles. The number of rotatable bonds is 11. The normalized spacial score (nSPS) is 11.8. The fourth-order valence-corrected chi connectivity index (χ4v) is 7.20. The lowest BCUT2D eigenvalue weighted by Gasteiger charge is -2.18. The second-order valence-electron chi connectivity index (χ2n) is 6.31. The highest BCUT2D eigenvalue weighted by molar-refractivity contribution is 7.73. The molecule has 0 aromatic heterocycles. The van der Waals surface area contributed by atoms with Crippen LogP contribution in [0.1, 0.15) is 38.5 Å². The largest absolute Gasteiger partial charge is 0.341 e. The van der Waals surface area contributed by atoms with Gasteiger partial charge in [-0.3, -0.25) is 0 Å². The van der Waals surface area contributed by atoms with E-state index in [-0.39, 0.29) is 7.92 Å². The zero-order valence-corrected chi connectivity index (χ0v) is 18.7. The quantitative estimate of drug-likeness (QED) is 0.154. The first-order valence-electron chi connectivity index (χ1n) is 9.01. The average Bonchev–Trinajstić information content (AvgIpc) is 2.61. The summed E-state index contributed by atoms with van der Waals surface area (Å²) in [6, 6.07) is 20.3. The zero-order chi connectivity index (χ0) is 18.0. The molecule has 0 amide bonds. The second-order valence-corrected chi connectivity index (χ2v) is 17.9. The van der Waals surface area contributed by atoms with Crippen LogP contribution in [0.4, 0.5) is 0 Å². The van der Waals surface area contributed by atoms with Gasteiger partial charge < -0.3 is 0 Å². The molecule has 0 N–H and O–H groups in total. The maximum Gasteiger partial charge on any atom is 0.341 e. The smallest absolute Gasteiger partial charge is 0.126 e. The van der Waals surface area contributed by atoms with Crippen molar-refractivity contribution in [1.82, 2.24) is 0 Å². The molecule has 5 heteroatoms. The number of unbranched alkanes of at least 4 members (excludes halogenated alkanes) is 5. The third-order valence-electron chi connectivity index (χ3n) is 4.23. The minimum atomic E-state index is -2.40. The van der Waals surface area contributed by atoms with Crippen molar-refractivity contribution in [2.24, 2.45) is 0 Å². The second kappa shape index (κ2) is 11.6. The summed E-state index contributed by atoms with van der Waals surface area (Å²) in [6.45, 7) is 0. The molecule has 136 valence electrons. The molecule has 0 radical (unpaired) electrons. The lowest BCUT2D eigenvalue weighted by molar-refractivity contribution is 0.625. The van der Waals surface area contributed by atoms with E-state index in [1.807, 2.05) is 0 Å². The van der Waals surface area contributed by atoms with Crippen molar-refractivity contribution < 1.29 is 0 Å². The Morgan fingerprint density at radius 1 is 0.600 bits per heavy atom. The Labute approximate surface area is 168 Å². The maximum atomic E-state index is 5.92. The van der Waals surface area contributed by atoms with E-state index >= 15 is 0 Å². The first kappa shape index (κ1) is 21.3. The molecule has 0 aliphatic carbocycles. The average molecular weight is 432 g/mol. The number of benzene rings is 2. The minimum absolute atomic E-state index is 0.241. The van der Waals surface area contributed by atoms with Gasteiger partial charge in [0.25, 0.3) is 0 Å². The molecule has 0 heterocycles. The van der Waals surface area contributed by atoms with Gasteiger partial charge in [-0.2, -0.15) is 0 Å². The van der Waals surface area contributed by atoms with Crippen LogP contribution in [0, 0.1) is 0 Å². The molecule has 0 nitrogen and oxygen atoms in total. The standard InChI is InChI=1S/C20H26Cl3PSi/c21-25(22,23)18-12-4-2-1-3-11-17-24(19-13-7-5-8-14-19)20-15-9-6-10-16-20/h5-10,13-16H,1-4,11-12,17-18H2. The van der Waals surface area contributed by atoms with Crippen LogP contribution in [-0.4, -0.2) is 12.2 Å². The Morgan fingerprint density at radius 3 is 1.52 bits per heavy atom. The van der Waals surface area contributed by atoms with Crippen molar-refractivity contribution in [1.29, 1.82) is 0 Å². The van der Waals surface area contributed by atoms with E-state index in [0.717, 1.165) is 12.5 Å². The molecule has 0 bridgehead atoms. The molecule has 0 fully saturated rings. The van der Waals surface area contributed by atoms with Crippen molar-refractivity contribution in [3.05, 3.63) is 60.7 Å². The van der Waals surface area contributed by atoms with Gasteiger partial charge in [-0.1, -0.05) is 92.8 Å². The molecule has 0 aliphatic rings. The van der Waals surface area contributed by atoms with Crippen LogP contribution in [-0.2, 0) is 0 Å². The topological polar surface area (TPSA) is 0 Å². The molecule has 0 unspecified atom stereocenters. The lowest BCUT2D eigenvalue weighted by atomic mass is 10.1. The van der Waals surface area contributed by atoms with Gasteiger partial charge in [-0.25, -0.2) is 0 Å². The highest BCUT2D eigenvalue weighted by atomic mass is 35.8. The Balaban J connectivity index is 1.74. The zero-order valence-electron chi connectivity index (χ0n) is 14.5. The van der Waals surface area contributed by atoms with Gasteiger partial charge in [0, 0.05) is 0 Å². The minimum Gasteiger partial charge on any atom is -0.126 e. The fourth-order valence-electron chi connectivity index (χ4n) is 2.93. The maximum absolute atomic E-state index is 5.92. The molecule has 2 aromatic rings. The van der Waals surface area contributed by atoms with E-state index in [1.165, 1.54) is 48.9 Å². The molecule has 2 rings (SSSR count). The molecular weight excluding hydrogens is 406 g/mol. The molecule has 0 spiro atoms. The van der Waals surface area contributed by atoms with Crippen molar-refractivity contribution in [3.63, 3.8) is 0 Å². The Bertz CT molecular complexity index is 547. The van der Waals surface area contributed by atoms with E-state index in [9.17, 15) is 0 Å². The third-order valence-corrected chi connectivity index (χ3v) is 9.46. The summed E-state index contributed by atoms with van der Waals surface area (Å²) < 4.78 is 0. The van der Waals surface area contributed by atoms with Crippen LogP contribution in [0.15, 0.2) is 60.7 Å². The summed E-state index contributed by atoms with van der Waals surface area (Å²) in [4.78, 5) is 0. The summed E-state index contributed by atoms with van der Waals surface area (Å²) in [7, 11) is -0.241. The molecule has 25 heavy (non-hydrogen) atoms. The van der Waals surface area contributed by atoms with Crippen LogP contribution >= 0.6 is 41.2 Å². The first-order valence-corrected chi connectivity index (χ1v) is 15.8. The van der Waals surface area contributed by atoms with Gasteiger partial charge >= 0.3 is 6.00 Å². The van der Waals surface area contributed by atoms with Crippen LogP contribution in [0.5, 0.6) is 0 Å². The van der Waals surface area contributed by atoms with Gasteiger partial charge in [0.2, 0.25) is 0 Å². The predicted molar refractivity (Wildman–Crippen MR) is 120 cm³/mol. The summed E-state index contributed by atoms with van der Waals surface area (Å²) in [5.41, 5.74) is 0. The van der Waals surface area contributed by atoms with E-state index in [4.69, 9.17) is 33.2 Å². The summed E-state index contributed by atoms with van der Waals surface area (Å²) >= 11 is 17.8. The fraction of sp³-hybridized carbons (Fsp3) is 0.400. The monoisotopic (exact) mass is 430 g/mol. The summed E-state index contributed by atoms with van der Waals surface area (Å²) in [5.74, 6) is 0. The van der Waals surface area contributed by atoms with Crippen LogP contribution in [0.2, 0.25) is 6.04 Å². The Morgan fingerprint density at radius 2 is 1.04 bits per heavy atom. The van der Waals surface area contributed by atoms with E-state index in [0.29, 0.717) is 0 Å². The molecule has 0 saturated carbocycles. The van der Waals surface area contributed by atoms with Crippen LogP contribution in [0.3, 0.4) is 0 Å². The van der Waals surface area contributed by atoms with Crippen LogP contribution in [0.25, 0.3) is 0 Å². The Kier molecular flexibility index (Phi) is 9.88. The molecule has 0 aliphatic heterocycles. The number of halogens is 3. The summed E-state index contributed by atoms with van der Waals surface area (Å²) in [6.07, 6.45) is 8.64. The van der Waals surface area contributed by atoms with Gasteiger partial charge in [-0.05, 0) is 37.2 Å². The van der Waals surface area contributed by atoms with Gasteiger partial charge in [-0.15, -0.1) is 33.2 Å². The third kappa shape index (κ3) is 8.93. The van der Waals surface area contributed by atoms with Crippen LogP contribution < -0.4 is 10.6 Å². The van der Waals surface area contributed by atoms with E-state index in [2.05, 4.69) is 60.7 Å². The van der Waals surface area contributed by atoms with Gasteiger partial charge in [0.15, 0.2) is 0 Å². The first-order chi connectivity index (χ1) is 12.1. The van der Waals surface area contributed by atoms with Gasteiger partial charge in [0.05, 0.1) is 0 Å². The van der Waals surface area contributed by atoms with Gasteiger partial charge in [0.1, 0.15) is 0 Å². The van der Waals surface area contributed by atoms with E-state index < -0.39 is 6.00 Å². The molecule has 0 saturated heterocycles. The lowest BCUT2D eigenvalue weighted by Crippen LogP contribution is -2.13. The highest BCUT2D eigenvalue weighted by Crippen LogP contribution is 2.35. The highest BCUT2D eigenvalue weighted by Gasteiger charge is 2.23. The number of hydrogen-bond donors (Lipinski definition) is 0. The molecular formula is C20H26Cl3PSi. The summed E-state index contributed by atoms with van der Waals surface area (Å²) in [5, 5.41) is 2.97. The van der Waals surface area contributed by atoms with Crippen molar-refractivity contribution in [3.8, 4) is 0 Å². The SMILES string of the molecule is Cl[Si](Cl)(Cl)CCCCCCCCP(c1ccccc1)c1ccccc1.